The lowest BCUT2D eigenvalue weighted by atomic mass is 9.89. The van der Waals surface area contributed by atoms with E-state index in [0.29, 0.717) is 5.92 Å². The van der Waals surface area contributed by atoms with Crippen LogP contribution in [0.4, 0.5) is 34.1 Å². The molecule has 0 atom stereocenters. The smallest absolute Gasteiger partial charge is 0.143 e. The summed E-state index contributed by atoms with van der Waals surface area (Å²) in [5.41, 5.74) is 20.1. The minimum absolute atomic E-state index is 0.543. The van der Waals surface area contributed by atoms with Crippen LogP contribution in [0.15, 0.2) is 297 Å². The molecule has 1 saturated carbocycles. The van der Waals surface area contributed by atoms with Crippen molar-refractivity contribution < 1.29 is 17.7 Å². The van der Waals surface area contributed by atoms with Crippen LogP contribution < -0.4 is 9.80 Å². The molecule has 6 heteroatoms. The number of hydrogen-bond donors (Lipinski definition) is 0. The van der Waals surface area contributed by atoms with E-state index in [4.69, 9.17) is 17.7 Å². The fraction of sp³-hybridized carbons (Fsp3) is 0.0682. The molecule has 444 valence electrons. The summed E-state index contributed by atoms with van der Waals surface area (Å²) in [6, 6.07) is 101. The van der Waals surface area contributed by atoms with Gasteiger partial charge in [0.05, 0.1) is 11.4 Å². The molecule has 20 rings (SSSR count). The highest BCUT2D eigenvalue weighted by molar-refractivity contribution is 6.31. The van der Waals surface area contributed by atoms with Crippen molar-refractivity contribution in [1.82, 2.24) is 0 Å². The summed E-state index contributed by atoms with van der Waals surface area (Å²) >= 11 is 0. The van der Waals surface area contributed by atoms with Crippen LogP contribution in [-0.4, -0.2) is 0 Å². The third-order valence-corrected chi connectivity index (χ3v) is 20.6. The summed E-state index contributed by atoms with van der Waals surface area (Å²) in [6.45, 7) is 2.26. The highest BCUT2D eigenvalue weighted by atomic mass is 16.3. The van der Waals surface area contributed by atoms with Gasteiger partial charge < -0.3 is 27.5 Å². The molecule has 0 N–H and O–H groups in total. The van der Waals surface area contributed by atoms with Gasteiger partial charge in [0.1, 0.15) is 44.7 Å². The van der Waals surface area contributed by atoms with E-state index >= 15 is 0 Å². The van der Waals surface area contributed by atoms with E-state index in [1.807, 2.05) is 0 Å². The first-order valence-electron chi connectivity index (χ1n) is 32.8. The topological polar surface area (TPSA) is 59.0 Å². The molecule has 15 aromatic carbocycles. The van der Waals surface area contributed by atoms with Gasteiger partial charge in [0, 0.05) is 106 Å². The van der Waals surface area contributed by atoms with Crippen molar-refractivity contribution in [3.05, 3.63) is 290 Å². The molecule has 0 bridgehead atoms. The lowest BCUT2D eigenvalue weighted by molar-refractivity contribution is 0.643. The van der Waals surface area contributed by atoms with Crippen LogP contribution in [0.3, 0.4) is 0 Å². The van der Waals surface area contributed by atoms with Gasteiger partial charge in [0.15, 0.2) is 0 Å². The summed E-state index contributed by atoms with van der Waals surface area (Å²) in [5, 5.41) is 18.1. The molecule has 0 radical (unpaired) electrons. The van der Waals surface area contributed by atoms with E-state index in [1.54, 1.807) is 0 Å². The largest absolute Gasteiger partial charge is 0.456 e. The SMILES string of the molecule is Cc1c(-c2cccc3c2ccc2oc4cc(N(c5ccccc5)c5ccc6c(c5)oc5c(C7CCCC7)cccc56)c5ccccc5c4c23)cccc1-c1cccc2c1oc1cc(N(c3ccccc3)c3cc4oc5ccc6ccccc6c5c4c4ccccc34)ccc12. The molecule has 19 aromatic rings. The maximum Gasteiger partial charge on any atom is 0.143 e. The van der Waals surface area contributed by atoms with Crippen molar-refractivity contribution in [3.8, 4) is 22.3 Å². The molecule has 6 nitrogen and oxygen atoms in total. The van der Waals surface area contributed by atoms with Crippen LogP contribution in [0.2, 0.25) is 0 Å². The molecular formula is C88H58N2O4. The van der Waals surface area contributed by atoms with Crippen LogP contribution in [0.5, 0.6) is 0 Å². The van der Waals surface area contributed by atoms with Crippen LogP contribution in [0, 0.1) is 6.92 Å². The number of furan rings is 4. The third-order valence-electron chi connectivity index (χ3n) is 20.6. The molecule has 1 aliphatic rings. The van der Waals surface area contributed by atoms with Crippen LogP contribution in [-0.2, 0) is 0 Å². The Labute approximate surface area is 540 Å². The van der Waals surface area contributed by atoms with Crippen LogP contribution in [0.25, 0.3) is 153 Å². The zero-order chi connectivity index (χ0) is 61.7. The summed E-state index contributed by atoms with van der Waals surface area (Å²) in [7, 11) is 0. The van der Waals surface area contributed by atoms with E-state index < -0.39 is 0 Å². The molecule has 0 unspecified atom stereocenters. The van der Waals surface area contributed by atoms with Crippen molar-refractivity contribution >= 4 is 165 Å². The molecule has 0 spiro atoms. The highest BCUT2D eigenvalue weighted by Crippen LogP contribution is 2.51. The summed E-state index contributed by atoms with van der Waals surface area (Å²) in [6.07, 6.45) is 4.99. The number of nitrogens with zero attached hydrogens (tertiary/aromatic N) is 2. The van der Waals surface area contributed by atoms with E-state index in [0.717, 1.165) is 171 Å². The Balaban J connectivity index is 0.701. The van der Waals surface area contributed by atoms with Gasteiger partial charge in [-0.25, -0.2) is 0 Å². The van der Waals surface area contributed by atoms with Gasteiger partial charge in [-0.3, -0.25) is 0 Å². The second-order valence-corrected chi connectivity index (χ2v) is 25.6. The fourth-order valence-electron chi connectivity index (χ4n) is 16.3. The average Bonchev–Trinajstić information content (AvgIpc) is 1.48. The molecule has 94 heavy (non-hydrogen) atoms. The molecule has 4 aromatic heterocycles. The van der Waals surface area contributed by atoms with E-state index in [9.17, 15) is 0 Å². The molecule has 1 aliphatic carbocycles. The third kappa shape index (κ3) is 7.90. The predicted molar refractivity (Wildman–Crippen MR) is 392 cm³/mol. The number of hydrogen-bond acceptors (Lipinski definition) is 6. The number of fused-ring (bicyclic) bond motifs is 20. The van der Waals surface area contributed by atoms with Crippen molar-refractivity contribution in [2.75, 3.05) is 9.80 Å². The fourth-order valence-corrected chi connectivity index (χ4v) is 16.3. The van der Waals surface area contributed by atoms with Crippen molar-refractivity contribution in [2.24, 2.45) is 0 Å². The Morgan fingerprint density at radius 1 is 0.277 bits per heavy atom. The quantitative estimate of drug-likeness (QED) is 0.144. The summed E-state index contributed by atoms with van der Waals surface area (Å²) in [4.78, 5) is 4.70. The Bertz CT molecular complexity index is 6340. The van der Waals surface area contributed by atoms with Gasteiger partial charge in [-0.2, -0.15) is 0 Å². The number of rotatable bonds is 9. The summed E-state index contributed by atoms with van der Waals surface area (Å²) < 4.78 is 28.0. The van der Waals surface area contributed by atoms with Gasteiger partial charge in [-0.1, -0.05) is 207 Å². The Kier molecular flexibility index (Phi) is 11.6. The molecule has 0 amide bonds. The first-order chi connectivity index (χ1) is 46.5. The zero-order valence-electron chi connectivity index (χ0n) is 51.5. The molecule has 1 fully saturated rings. The van der Waals surface area contributed by atoms with Gasteiger partial charge in [-0.05, 0) is 146 Å². The first kappa shape index (κ1) is 52.9. The van der Waals surface area contributed by atoms with E-state index in [-0.39, 0.29) is 0 Å². The Hall–Kier alpha value is -11.9. The molecule has 0 saturated heterocycles. The lowest BCUT2D eigenvalue weighted by Gasteiger charge is -2.27. The van der Waals surface area contributed by atoms with Gasteiger partial charge in [-0.15, -0.1) is 0 Å². The molecule has 0 aliphatic heterocycles. The van der Waals surface area contributed by atoms with Crippen LogP contribution in [0.1, 0.15) is 42.7 Å². The maximum atomic E-state index is 7.18. The highest BCUT2D eigenvalue weighted by Gasteiger charge is 2.28. The number of anilines is 6. The minimum Gasteiger partial charge on any atom is -0.456 e. The molecule has 4 heterocycles. The predicted octanol–water partition coefficient (Wildman–Crippen LogP) is 26.1. The van der Waals surface area contributed by atoms with Gasteiger partial charge in [0.25, 0.3) is 0 Å². The molecular weight excluding hydrogens is 1150 g/mol. The number of para-hydroxylation sites is 4. The normalized spacial score (nSPS) is 13.2. The second-order valence-electron chi connectivity index (χ2n) is 25.6. The Morgan fingerprint density at radius 3 is 1.34 bits per heavy atom. The second kappa shape index (κ2) is 20.6. The van der Waals surface area contributed by atoms with Crippen molar-refractivity contribution in [2.45, 2.75) is 38.5 Å². The summed E-state index contributed by atoms with van der Waals surface area (Å²) in [5.74, 6) is 0.543. The first-order valence-corrected chi connectivity index (χ1v) is 32.8. The monoisotopic (exact) mass is 1210 g/mol. The van der Waals surface area contributed by atoms with Crippen molar-refractivity contribution in [1.29, 1.82) is 0 Å². The van der Waals surface area contributed by atoms with Gasteiger partial charge in [0.2, 0.25) is 0 Å². The van der Waals surface area contributed by atoms with Crippen LogP contribution >= 0.6 is 0 Å². The average molecular weight is 1210 g/mol. The van der Waals surface area contributed by atoms with E-state index in [2.05, 4.69) is 296 Å². The standard InChI is InChI=1S/C88H58N2O4/c1-52-59(32-16-33-60(52)72-37-19-39-74-68-44-42-58(49-80(68)94-88(72)74)90(56-25-6-3-7-26-56)75-50-81-85(70-30-14-12-28-65(70)75)83-61-27-11-10-22-54(61)40-46-77(83)91-81)63-35-18-36-69-64(63)45-47-78-84(69)86-71-31-15-13-29-66(71)76(51-82(86)92-78)89(55-23-4-2-5-24-55)57-41-43-67-73-38-17-34-62(53-20-8-9-21-53)87(73)93-79(67)48-57/h2-7,10-19,22-51,53H,8-9,20-21H2,1H3. The van der Waals surface area contributed by atoms with E-state index in [1.165, 1.54) is 53.0 Å². The minimum atomic E-state index is 0.543. The van der Waals surface area contributed by atoms with Gasteiger partial charge >= 0.3 is 0 Å². The Morgan fingerprint density at radius 2 is 0.713 bits per heavy atom. The zero-order valence-corrected chi connectivity index (χ0v) is 51.5. The maximum absolute atomic E-state index is 7.18. The number of benzene rings is 15. The lowest BCUT2D eigenvalue weighted by Crippen LogP contribution is -2.10. The van der Waals surface area contributed by atoms with Crippen molar-refractivity contribution in [3.63, 3.8) is 0 Å².